The number of carbonyl (C=O) groups is 5. The number of allylic oxidation sites excluding steroid dienone is 8. The van der Waals surface area contributed by atoms with Gasteiger partial charge in [-0.3, -0.25) is 19.2 Å². The van der Waals surface area contributed by atoms with Crippen LogP contribution in [-0.4, -0.2) is 72.7 Å². The Balaban J connectivity index is -0.000000965. The Kier molecular flexibility index (Phi) is 54.4. The van der Waals surface area contributed by atoms with Crippen LogP contribution < -0.4 is 11.1 Å². The van der Waals surface area contributed by atoms with E-state index < -0.39 is 23.9 Å². The van der Waals surface area contributed by atoms with Gasteiger partial charge < -0.3 is 25.6 Å². The molecule has 0 aromatic heterocycles. The number of hydroxylamine groups is 2. The Morgan fingerprint density at radius 1 is 0.594 bits per heavy atom. The van der Waals surface area contributed by atoms with E-state index in [-0.39, 0.29) is 38.1 Å². The zero-order valence-electron chi connectivity index (χ0n) is 40.0. The number of carbonyl (C=O) groups excluding carboxylic acids is 6. The Labute approximate surface area is 386 Å². The highest BCUT2D eigenvalue weighted by atomic mass is 16.8. The van der Waals surface area contributed by atoms with Crippen LogP contribution in [0.2, 0.25) is 0 Å². The molecule has 0 saturated carbocycles. The number of rotatable bonds is 36. The second kappa shape index (κ2) is 54.6. The van der Waals surface area contributed by atoms with Crippen LogP contribution in [0.4, 0.5) is 9.59 Å². The number of amides is 3. The van der Waals surface area contributed by atoms with Crippen LogP contribution in [-0.2, 0) is 38.3 Å². The molecular weight excluding hydrogens is 819 g/mol. The van der Waals surface area contributed by atoms with Gasteiger partial charge in [0, 0.05) is 25.8 Å². The van der Waals surface area contributed by atoms with E-state index in [1.54, 1.807) is 0 Å². The molecule has 1 heterocycles. The lowest BCUT2D eigenvalue weighted by Crippen LogP contribution is -2.32. The zero-order valence-corrected chi connectivity index (χ0v) is 40.0. The molecule has 0 aromatic rings. The monoisotopic (exact) mass is 906 g/mol. The first-order valence-corrected chi connectivity index (χ1v) is 24.3. The number of aliphatic carboxylic acids is 1. The number of hydrogen-bond donors (Lipinski definition) is 3. The summed E-state index contributed by atoms with van der Waals surface area (Å²) in [6, 6.07) is 0. The van der Waals surface area contributed by atoms with E-state index in [0.29, 0.717) is 31.2 Å². The summed E-state index contributed by atoms with van der Waals surface area (Å²) < 4.78 is 10.00. The fourth-order valence-corrected chi connectivity index (χ4v) is 5.79. The lowest BCUT2D eigenvalue weighted by molar-refractivity contribution is -0.191. The second-order valence-electron chi connectivity index (χ2n) is 15.4. The number of nitrogens with one attached hydrogen (secondary N) is 1. The third-order valence-corrected chi connectivity index (χ3v) is 9.43. The Morgan fingerprint density at radius 3 is 1.36 bits per heavy atom. The molecule has 1 fully saturated rings. The van der Waals surface area contributed by atoms with Crippen molar-refractivity contribution in [2.24, 2.45) is 5.73 Å². The van der Waals surface area contributed by atoms with E-state index in [0.717, 1.165) is 57.8 Å². The predicted molar refractivity (Wildman–Crippen MR) is 253 cm³/mol. The Hall–Kier alpha value is -4.55. The zero-order chi connectivity index (χ0) is 48.0. The smallest absolute Gasteiger partial charge is 0.481 e. The number of ether oxygens (including phenoxy) is 2. The molecule has 14 heteroatoms. The maximum Gasteiger partial charge on any atom is 0.533 e. The molecule has 0 bridgehead atoms. The summed E-state index contributed by atoms with van der Waals surface area (Å²) in [6.07, 6.45) is 47.6. The van der Waals surface area contributed by atoms with Gasteiger partial charge in [-0.1, -0.05) is 151 Å². The maximum absolute atomic E-state index is 11.4. The number of nitrogens with two attached hydrogens (primary N) is 1. The number of carboxylic acid groups (broad SMARTS) is 1. The van der Waals surface area contributed by atoms with E-state index in [4.69, 9.17) is 29.9 Å². The van der Waals surface area contributed by atoms with E-state index in [9.17, 15) is 24.0 Å². The molecule has 0 unspecified atom stereocenters. The number of alkyl carbamates (subject to hydrolysis) is 1. The van der Waals surface area contributed by atoms with Crippen molar-refractivity contribution in [3.63, 3.8) is 0 Å². The Morgan fingerprint density at radius 2 is 0.984 bits per heavy atom. The minimum Gasteiger partial charge on any atom is -0.481 e. The molecule has 1 saturated heterocycles. The average molecular weight is 906 g/mol. The van der Waals surface area contributed by atoms with Crippen LogP contribution in [0.15, 0.2) is 48.6 Å². The molecule has 4 N–H and O–H groups in total. The highest BCUT2D eigenvalue weighted by Crippen LogP contribution is 2.13. The third-order valence-electron chi connectivity index (χ3n) is 9.43. The van der Waals surface area contributed by atoms with Crippen LogP contribution in [0.1, 0.15) is 207 Å². The first-order chi connectivity index (χ1) is 31.1. The van der Waals surface area contributed by atoms with Crippen molar-refractivity contribution in [2.75, 3.05) is 26.3 Å². The minimum absolute atomic E-state index is 0.0814. The average Bonchev–Trinajstić information content (AvgIpc) is 3.59. The normalized spacial score (nSPS) is 12.1. The van der Waals surface area contributed by atoms with E-state index in [1.807, 2.05) is 6.92 Å². The van der Waals surface area contributed by atoms with Crippen molar-refractivity contribution in [2.45, 2.75) is 207 Å². The van der Waals surface area contributed by atoms with Gasteiger partial charge in [-0.05, 0) is 96.4 Å². The number of unbranched alkanes of at least 4 members (excludes halogenated alkanes) is 18. The van der Waals surface area contributed by atoms with Gasteiger partial charge in [0.2, 0.25) is 0 Å². The lowest BCUT2D eigenvalue weighted by atomic mass is 10.1. The van der Waals surface area contributed by atoms with Crippen molar-refractivity contribution in [1.82, 2.24) is 10.4 Å². The van der Waals surface area contributed by atoms with Crippen molar-refractivity contribution in [3.8, 4) is 0 Å². The number of imide groups is 1. The number of nitrogens with zero attached hydrogens (tertiary/aromatic N) is 1. The molecule has 1 aliphatic rings. The van der Waals surface area contributed by atoms with Crippen LogP contribution in [0.25, 0.3) is 0 Å². The molecule has 64 heavy (non-hydrogen) atoms. The van der Waals surface area contributed by atoms with Gasteiger partial charge in [-0.15, -0.1) is 0 Å². The van der Waals surface area contributed by atoms with Crippen LogP contribution in [0, 0.1) is 0 Å². The second-order valence-corrected chi connectivity index (χ2v) is 15.4. The van der Waals surface area contributed by atoms with E-state index >= 15 is 0 Å². The summed E-state index contributed by atoms with van der Waals surface area (Å²) in [5.74, 6) is -1.77. The maximum atomic E-state index is 11.4. The van der Waals surface area contributed by atoms with Crippen LogP contribution in [0.3, 0.4) is 0 Å². The highest BCUT2D eigenvalue weighted by molar-refractivity contribution is 6.01. The SMILES string of the molecule is CCCCC/C=C\C/C=C\CCCCCCCCOC(=O)NCCC.CCCCC/C=C\C/C=C\CCCCCCCCOC(=O)ON1C(=O)CCC1=O.NCCCC(=O)O.O=C=O. The quantitative estimate of drug-likeness (QED) is 0.0232. The fourth-order valence-electron chi connectivity index (χ4n) is 5.79. The Bertz CT molecular complexity index is 1260. The molecular formula is C50H87N3O11. The van der Waals surface area contributed by atoms with Gasteiger partial charge >= 0.3 is 24.4 Å². The van der Waals surface area contributed by atoms with Gasteiger partial charge in [0.1, 0.15) is 0 Å². The van der Waals surface area contributed by atoms with Crippen LogP contribution in [0.5, 0.6) is 0 Å². The minimum atomic E-state index is -0.990. The summed E-state index contributed by atoms with van der Waals surface area (Å²) in [4.78, 5) is 75.9. The third kappa shape index (κ3) is 53.6. The molecule has 0 aliphatic carbocycles. The number of hydrogen-bond acceptors (Lipinski definition) is 11. The van der Waals surface area contributed by atoms with Crippen LogP contribution >= 0.6 is 0 Å². The van der Waals surface area contributed by atoms with Crippen molar-refractivity contribution >= 4 is 36.2 Å². The van der Waals surface area contributed by atoms with Crippen molar-refractivity contribution in [1.29, 1.82) is 0 Å². The van der Waals surface area contributed by atoms with E-state index in [1.165, 1.54) is 103 Å². The van der Waals surface area contributed by atoms with Gasteiger partial charge in [0.25, 0.3) is 11.8 Å². The highest BCUT2D eigenvalue weighted by Gasteiger charge is 2.33. The standard InChI is InChI=1S/C23H37NO5.C22H41NO2.C4H9NO2.CO2/c1-2-3-4-5-6-7-8-9-10-11-12-13-14-15-16-17-20-28-23(27)29-24-21(25)18-19-22(24)26;1-3-5-6-7-8-9-10-11-12-13-14-15-16-17-18-19-21-25-22(24)23-20-4-2;5-3-1-2-4(6)7;2-1-3/h6-7,9-10H,2-5,8,11-20H2,1H3;8-9,11-12H,3-7,10,13-21H2,1-2H3,(H,23,24);1-3,5H2,(H,6,7);/b7-6-,10-9-;9-8-,12-11-;;. The molecule has 14 nitrogen and oxygen atoms in total. The summed E-state index contributed by atoms with van der Waals surface area (Å²) in [7, 11) is 0. The van der Waals surface area contributed by atoms with Crippen molar-refractivity contribution in [3.05, 3.63) is 48.6 Å². The summed E-state index contributed by atoms with van der Waals surface area (Å²) in [5, 5.41) is 11.2. The summed E-state index contributed by atoms with van der Waals surface area (Å²) in [6.45, 7) is 8.45. The lowest BCUT2D eigenvalue weighted by Gasteiger charge is -2.12. The topological polar surface area (TPSA) is 209 Å². The van der Waals surface area contributed by atoms with Gasteiger partial charge in [0.05, 0.1) is 13.2 Å². The number of carboxylic acids is 1. The molecule has 0 atom stereocenters. The molecule has 0 radical (unpaired) electrons. The summed E-state index contributed by atoms with van der Waals surface area (Å²) in [5.41, 5.74) is 5.01. The van der Waals surface area contributed by atoms with E-state index in [2.05, 4.69) is 72.6 Å². The van der Waals surface area contributed by atoms with Gasteiger partial charge in [-0.25, -0.2) is 9.59 Å². The molecule has 1 aliphatic heterocycles. The molecule has 368 valence electrons. The molecule has 0 aromatic carbocycles. The molecule has 0 spiro atoms. The van der Waals surface area contributed by atoms with Crippen molar-refractivity contribution < 1.29 is 53.0 Å². The first-order valence-electron chi connectivity index (χ1n) is 24.3. The predicted octanol–water partition coefficient (Wildman–Crippen LogP) is 12.2. The molecule has 3 amide bonds. The first kappa shape index (κ1) is 63.7. The molecule has 1 rings (SSSR count). The summed E-state index contributed by atoms with van der Waals surface area (Å²) >= 11 is 0. The van der Waals surface area contributed by atoms with Gasteiger partial charge in [0.15, 0.2) is 0 Å². The largest absolute Gasteiger partial charge is 0.533 e. The fraction of sp³-hybridized carbons (Fsp3) is 0.720. The van der Waals surface area contributed by atoms with Gasteiger partial charge in [-0.2, -0.15) is 9.59 Å².